The van der Waals surface area contributed by atoms with Crippen molar-refractivity contribution in [1.29, 1.82) is 0 Å². The van der Waals surface area contributed by atoms with E-state index in [-0.39, 0.29) is 6.04 Å². The second-order valence-electron chi connectivity index (χ2n) is 3.99. The van der Waals surface area contributed by atoms with Gasteiger partial charge in [0.2, 0.25) is 0 Å². The minimum Gasteiger partial charge on any atom is -0.383 e. The third kappa shape index (κ3) is 5.10. The molecule has 1 aromatic heterocycles. The number of thiocarbonyl (C=S) groups is 1. The minimum atomic E-state index is 0.204. The molecule has 17 heavy (non-hydrogen) atoms. The fraction of sp³-hybridized carbons (Fsp3) is 0.500. The maximum absolute atomic E-state index is 5.19. The van der Waals surface area contributed by atoms with Gasteiger partial charge in [-0.05, 0) is 43.3 Å². The molecule has 0 radical (unpaired) electrons. The summed E-state index contributed by atoms with van der Waals surface area (Å²) in [7, 11) is 1.67. The van der Waals surface area contributed by atoms with Crippen molar-refractivity contribution < 1.29 is 4.74 Å². The minimum absolute atomic E-state index is 0.204. The van der Waals surface area contributed by atoms with Crippen LogP contribution < -0.4 is 10.6 Å². The van der Waals surface area contributed by atoms with Crippen molar-refractivity contribution in [2.75, 3.05) is 13.7 Å². The lowest BCUT2D eigenvalue weighted by Crippen LogP contribution is -2.42. The van der Waals surface area contributed by atoms with E-state index in [1.165, 1.54) is 5.56 Å². The molecule has 0 amide bonds. The Hall–Kier alpha value is -1.20. The average Bonchev–Trinajstić information content (AvgIpc) is 2.28. The van der Waals surface area contributed by atoms with Gasteiger partial charge in [0.25, 0.3) is 0 Å². The Morgan fingerprint density at radius 2 is 2.35 bits per heavy atom. The number of hydrogen-bond acceptors (Lipinski definition) is 3. The van der Waals surface area contributed by atoms with Crippen molar-refractivity contribution >= 4 is 17.3 Å². The van der Waals surface area contributed by atoms with Crippen molar-refractivity contribution in [2.45, 2.75) is 26.4 Å². The quantitative estimate of drug-likeness (QED) is 0.777. The summed E-state index contributed by atoms with van der Waals surface area (Å²) in [5.74, 6) is 0. The first kappa shape index (κ1) is 13.9. The molecule has 1 aromatic rings. The molecule has 0 fully saturated rings. The molecule has 4 nitrogen and oxygen atoms in total. The van der Waals surface area contributed by atoms with Gasteiger partial charge >= 0.3 is 0 Å². The molecule has 0 bridgehead atoms. The van der Waals surface area contributed by atoms with Crippen molar-refractivity contribution in [3.05, 3.63) is 29.6 Å². The van der Waals surface area contributed by atoms with Crippen LogP contribution in [0.15, 0.2) is 18.5 Å². The molecule has 2 N–H and O–H groups in total. The molecular weight excluding hydrogens is 234 g/mol. The molecular formula is C12H19N3OS. The first-order chi connectivity index (χ1) is 8.13. The highest BCUT2D eigenvalue weighted by molar-refractivity contribution is 7.80. The molecule has 1 heterocycles. The number of nitrogens with zero attached hydrogens (tertiary/aromatic N) is 1. The van der Waals surface area contributed by atoms with E-state index in [2.05, 4.69) is 22.5 Å². The Kier molecular flexibility index (Phi) is 5.86. The first-order valence-electron chi connectivity index (χ1n) is 5.56. The van der Waals surface area contributed by atoms with E-state index in [1.54, 1.807) is 13.3 Å². The second kappa shape index (κ2) is 7.19. The Morgan fingerprint density at radius 3 is 3.00 bits per heavy atom. The lowest BCUT2D eigenvalue weighted by atomic mass is 10.2. The molecule has 94 valence electrons. The zero-order chi connectivity index (χ0) is 12.7. The Bertz CT molecular complexity index is 371. The number of nitrogens with one attached hydrogen (secondary N) is 2. The zero-order valence-corrected chi connectivity index (χ0v) is 11.3. The second-order valence-corrected chi connectivity index (χ2v) is 4.39. The largest absolute Gasteiger partial charge is 0.383 e. The molecule has 0 spiro atoms. The summed E-state index contributed by atoms with van der Waals surface area (Å²) in [6.07, 6.45) is 3.64. The van der Waals surface area contributed by atoms with Crippen LogP contribution in [0, 0.1) is 6.92 Å². The lowest BCUT2D eigenvalue weighted by Gasteiger charge is -2.16. The van der Waals surface area contributed by atoms with E-state index in [9.17, 15) is 0 Å². The standard InChI is InChI=1S/C12H19N3OS/c1-9-4-5-13-6-11(9)7-14-12(17)15-10(2)8-16-3/h4-6,10H,7-8H2,1-3H3,(H2,14,15,17). The van der Waals surface area contributed by atoms with Crippen molar-refractivity contribution in [3.63, 3.8) is 0 Å². The summed E-state index contributed by atoms with van der Waals surface area (Å²) in [5, 5.41) is 6.94. The van der Waals surface area contributed by atoms with Crippen molar-refractivity contribution in [3.8, 4) is 0 Å². The first-order valence-corrected chi connectivity index (χ1v) is 5.97. The van der Waals surface area contributed by atoms with Gasteiger partial charge in [-0.2, -0.15) is 0 Å². The highest BCUT2D eigenvalue weighted by Gasteiger charge is 2.03. The van der Waals surface area contributed by atoms with Gasteiger partial charge in [0.1, 0.15) is 0 Å². The summed E-state index contributed by atoms with van der Waals surface area (Å²) >= 11 is 5.19. The fourth-order valence-corrected chi connectivity index (χ4v) is 1.70. The van der Waals surface area contributed by atoms with E-state index in [0.717, 1.165) is 5.56 Å². The summed E-state index contributed by atoms with van der Waals surface area (Å²) < 4.78 is 5.03. The molecule has 0 aliphatic rings. The predicted molar refractivity (Wildman–Crippen MR) is 72.9 cm³/mol. The molecule has 0 aliphatic heterocycles. The molecule has 0 saturated heterocycles. The molecule has 1 rings (SSSR count). The number of aromatic nitrogens is 1. The smallest absolute Gasteiger partial charge is 0.166 e. The van der Waals surface area contributed by atoms with Crippen LogP contribution in [-0.4, -0.2) is 29.9 Å². The fourth-order valence-electron chi connectivity index (χ4n) is 1.42. The number of methoxy groups -OCH3 is 1. The van der Waals surface area contributed by atoms with Gasteiger partial charge in [-0.1, -0.05) is 0 Å². The SMILES string of the molecule is COCC(C)NC(=S)NCc1cnccc1C. The van der Waals surface area contributed by atoms with Crippen LogP contribution in [0.2, 0.25) is 0 Å². The Morgan fingerprint density at radius 1 is 1.59 bits per heavy atom. The number of pyridine rings is 1. The van der Waals surface area contributed by atoms with Crippen LogP contribution in [0.5, 0.6) is 0 Å². The number of rotatable bonds is 5. The number of hydrogen-bond donors (Lipinski definition) is 2. The van der Waals surface area contributed by atoms with E-state index in [0.29, 0.717) is 18.3 Å². The van der Waals surface area contributed by atoms with Crippen LogP contribution in [0.3, 0.4) is 0 Å². The van der Waals surface area contributed by atoms with Crippen molar-refractivity contribution in [2.24, 2.45) is 0 Å². The average molecular weight is 253 g/mol. The number of aryl methyl sites for hydroxylation is 1. The van der Waals surface area contributed by atoms with E-state index >= 15 is 0 Å². The molecule has 0 aromatic carbocycles. The van der Waals surface area contributed by atoms with Crippen LogP contribution >= 0.6 is 12.2 Å². The van der Waals surface area contributed by atoms with Gasteiger partial charge in [-0.15, -0.1) is 0 Å². The molecule has 0 saturated carbocycles. The van der Waals surface area contributed by atoms with Gasteiger partial charge in [0, 0.05) is 32.1 Å². The summed E-state index contributed by atoms with van der Waals surface area (Å²) in [5.41, 5.74) is 2.36. The van der Waals surface area contributed by atoms with Gasteiger partial charge in [-0.3, -0.25) is 4.98 Å². The van der Waals surface area contributed by atoms with Gasteiger partial charge in [0.05, 0.1) is 6.61 Å². The van der Waals surface area contributed by atoms with Gasteiger partial charge < -0.3 is 15.4 Å². The molecule has 1 unspecified atom stereocenters. The van der Waals surface area contributed by atoms with E-state index < -0.39 is 0 Å². The Balaban J connectivity index is 2.36. The maximum Gasteiger partial charge on any atom is 0.166 e. The maximum atomic E-state index is 5.19. The summed E-state index contributed by atoms with van der Waals surface area (Å²) in [6.45, 7) is 5.40. The van der Waals surface area contributed by atoms with Crippen molar-refractivity contribution in [1.82, 2.24) is 15.6 Å². The highest BCUT2D eigenvalue weighted by atomic mass is 32.1. The van der Waals surface area contributed by atoms with Gasteiger partial charge in [-0.25, -0.2) is 0 Å². The predicted octanol–water partition coefficient (Wildman–Crippen LogP) is 1.39. The molecule has 1 atom stereocenters. The van der Waals surface area contributed by atoms with E-state index in [4.69, 9.17) is 17.0 Å². The topological polar surface area (TPSA) is 46.2 Å². The Labute approximate surface area is 108 Å². The molecule has 0 aliphatic carbocycles. The molecule has 5 heteroatoms. The van der Waals surface area contributed by atoms with Crippen LogP contribution in [0.1, 0.15) is 18.1 Å². The van der Waals surface area contributed by atoms with Crippen LogP contribution in [0.25, 0.3) is 0 Å². The number of ether oxygens (including phenoxy) is 1. The lowest BCUT2D eigenvalue weighted by molar-refractivity contribution is 0.179. The summed E-state index contributed by atoms with van der Waals surface area (Å²) in [6, 6.07) is 2.19. The van der Waals surface area contributed by atoms with Crippen LogP contribution in [0.4, 0.5) is 0 Å². The van der Waals surface area contributed by atoms with E-state index in [1.807, 2.05) is 19.2 Å². The third-order valence-corrected chi connectivity index (χ3v) is 2.64. The normalized spacial score (nSPS) is 11.9. The van der Waals surface area contributed by atoms with Crippen LogP contribution in [-0.2, 0) is 11.3 Å². The summed E-state index contributed by atoms with van der Waals surface area (Å²) in [4.78, 5) is 4.09. The third-order valence-electron chi connectivity index (χ3n) is 2.38. The van der Waals surface area contributed by atoms with Gasteiger partial charge in [0.15, 0.2) is 5.11 Å². The highest BCUT2D eigenvalue weighted by Crippen LogP contribution is 2.03. The zero-order valence-electron chi connectivity index (χ0n) is 10.5. The monoisotopic (exact) mass is 253 g/mol.